The number of aryl methyl sites for hydroxylation is 1. The zero-order valence-electron chi connectivity index (χ0n) is 17.7. The van der Waals surface area contributed by atoms with Gasteiger partial charge in [0.15, 0.2) is 15.0 Å². The summed E-state index contributed by atoms with van der Waals surface area (Å²) in [5.74, 6) is 0.434. The highest BCUT2D eigenvalue weighted by atomic mass is 32.2. The number of thiazole rings is 1. The molecule has 0 aliphatic rings. The molecule has 1 amide bonds. The number of carbonyl (C=O) groups is 1. The lowest BCUT2D eigenvalue weighted by molar-refractivity contribution is 0.0985. The van der Waals surface area contributed by atoms with Crippen LogP contribution in [0.15, 0.2) is 41.3 Å². The number of anilines is 1. The van der Waals surface area contributed by atoms with E-state index in [1.54, 1.807) is 24.1 Å². The first-order valence-electron chi connectivity index (χ1n) is 9.32. The fourth-order valence-electron chi connectivity index (χ4n) is 2.96. The van der Waals surface area contributed by atoms with E-state index in [4.69, 9.17) is 9.72 Å². The van der Waals surface area contributed by atoms with Gasteiger partial charge in [-0.2, -0.15) is 0 Å². The Morgan fingerprint density at radius 2 is 1.77 bits per heavy atom. The third-order valence-corrected chi connectivity index (χ3v) is 7.03. The van der Waals surface area contributed by atoms with Gasteiger partial charge in [0.25, 0.3) is 5.91 Å². The lowest BCUT2D eigenvalue weighted by Crippen LogP contribution is -2.36. The third kappa shape index (κ3) is 4.63. The number of nitrogens with zero attached hydrogens (tertiary/aromatic N) is 3. The van der Waals surface area contributed by atoms with Crippen LogP contribution in [0, 0.1) is 6.92 Å². The van der Waals surface area contributed by atoms with Crippen LogP contribution in [0.2, 0.25) is 0 Å². The number of sulfone groups is 1. The number of benzene rings is 2. The van der Waals surface area contributed by atoms with Gasteiger partial charge in [0.1, 0.15) is 11.3 Å². The molecular formula is C21H25N3O4S2. The third-order valence-electron chi connectivity index (χ3n) is 4.69. The molecule has 0 fully saturated rings. The summed E-state index contributed by atoms with van der Waals surface area (Å²) in [5.41, 5.74) is 2.20. The fourth-order valence-corrected chi connectivity index (χ4v) is 4.67. The van der Waals surface area contributed by atoms with Crippen LogP contribution in [0.4, 0.5) is 5.13 Å². The molecule has 0 aliphatic heterocycles. The zero-order chi connectivity index (χ0) is 22.1. The maximum Gasteiger partial charge on any atom is 0.260 e. The van der Waals surface area contributed by atoms with Gasteiger partial charge in [-0.3, -0.25) is 9.69 Å². The van der Waals surface area contributed by atoms with Gasteiger partial charge in [-0.1, -0.05) is 17.4 Å². The lowest BCUT2D eigenvalue weighted by Gasteiger charge is -2.22. The topological polar surface area (TPSA) is 79.8 Å². The predicted octanol–water partition coefficient (Wildman–Crippen LogP) is 3.23. The second kappa shape index (κ2) is 8.71. The number of hydrogen-bond acceptors (Lipinski definition) is 7. The van der Waals surface area contributed by atoms with Gasteiger partial charge in [-0.25, -0.2) is 13.4 Å². The maximum absolute atomic E-state index is 13.3. The van der Waals surface area contributed by atoms with Gasteiger partial charge in [-0.05, 0) is 56.9 Å². The Labute approximate surface area is 180 Å². The van der Waals surface area contributed by atoms with E-state index in [-0.39, 0.29) is 10.8 Å². The normalized spacial score (nSPS) is 11.8. The van der Waals surface area contributed by atoms with Crippen molar-refractivity contribution < 1.29 is 17.9 Å². The number of likely N-dealkylation sites (N-methyl/N-ethyl adjacent to an activating group) is 1. The highest BCUT2D eigenvalue weighted by Gasteiger charge is 2.23. The van der Waals surface area contributed by atoms with E-state index in [0.717, 1.165) is 22.0 Å². The Morgan fingerprint density at radius 1 is 1.10 bits per heavy atom. The average Bonchev–Trinajstić information content (AvgIpc) is 3.13. The lowest BCUT2D eigenvalue weighted by atomic mass is 10.2. The zero-order valence-corrected chi connectivity index (χ0v) is 19.3. The summed E-state index contributed by atoms with van der Waals surface area (Å²) < 4.78 is 29.8. The van der Waals surface area contributed by atoms with Gasteiger partial charge in [0.05, 0.1) is 16.7 Å². The van der Waals surface area contributed by atoms with Gasteiger partial charge in [0, 0.05) is 24.9 Å². The number of methoxy groups -OCH3 is 1. The van der Waals surface area contributed by atoms with Crippen LogP contribution >= 0.6 is 11.3 Å². The van der Waals surface area contributed by atoms with Gasteiger partial charge >= 0.3 is 0 Å². The Kier molecular flexibility index (Phi) is 6.44. The summed E-state index contributed by atoms with van der Waals surface area (Å²) in [7, 11) is 2.15. The molecule has 0 unspecified atom stereocenters. The minimum atomic E-state index is -3.32. The molecule has 160 valence electrons. The number of carbonyl (C=O) groups excluding carboxylic acids is 1. The van der Waals surface area contributed by atoms with E-state index in [2.05, 4.69) is 0 Å². The quantitative estimate of drug-likeness (QED) is 0.553. The van der Waals surface area contributed by atoms with E-state index in [0.29, 0.717) is 29.5 Å². The highest BCUT2D eigenvalue weighted by molar-refractivity contribution is 7.90. The van der Waals surface area contributed by atoms with Crippen molar-refractivity contribution in [1.29, 1.82) is 0 Å². The molecule has 0 radical (unpaired) electrons. The molecular weight excluding hydrogens is 422 g/mol. The molecule has 2 aromatic carbocycles. The first kappa shape index (κ1) is 22.2. The van der Waals surface area contributed by atoms with E-state index < -0.39 is 9.84 Å². The molecule has 1 aromatic heterocycles. The number of ether oxygens (including phenoxy) is 1. The predicted molar refractivity (Wildman–Crippen MR) is 121 cm³/mol. The molecule has 0 saturated heterocycles. The molecule has 0 spiro atoms. The Hall–Kier alpha value is -2.49. The van der Waals surface area contributed by atoms with Crippen molar-refractivity contribution in [2.24, 2.45) is 0 Å². The van der Waals surface area contributed by atoms with Crippen LogP contribution in [0.5, 0.6) is 5.75 Å². The average molecular weight is 448 g/mol. The van der Waals surface area contributed by atoms with Crippen molar-refractivity contribution in [3.05, 3.63) is 47.5 Å². The SMILES string of the molecule is COc1ccc(C)c2sc(N(CCN(C)C)C(=O)c3ccc(S(C)(=O)=O)cc3)nc12. The Morgan fingerprint density at radius 3 is 2.33 bits per heavy atom. The number of aromatic nitrogens is 1. The van der Waals surface area contributed by atoms with Gasteiger partial charge < -0.3 is 9.64 Å². The maximum atomic E-state index is 13.3. The molecule has 1 heterocycles. The van der Waals surface area contributed by atoms with Crippen LogP contribution in [0.25, 0.3) is 10.2 Å². The molecule has 0 atom stereocenters. The van der Waals surface area contributed by atoms with E-state index >= 15 is 0 Å². The van der Waals surface area contributed by atoms with Crippen LogP contribution in [-0.4, -0.2) is 64.8 Å². The van der Waals surface area contributed by atoms with Gasteiger partial charge in [-0.15, -0.1) is 0 Å². The summed E-state index contributed by atoms with van der Waals surface area (Å²) >= 11 is 1.44. The standard InChI is InChI=1S/C21H25N3O4S2/c1-14-6-11-17(28-4)18-19(14)29-21(22-18)24(13-12-23(2)3)20(25)15-7-9-16(10-8-15)30(5,26)27/h6-11H,12-13H2,1-5H3. The van der Waals surface area contributed by atoms with Crippen molar-refractivity contribution in [2.45, 2.75) is 11.8 Å². The van der Waals surface area contributed by atoms with Crippen molar-refractivity contribution in [2.75, 3.05) is 45.5 Å². The highest BCUT2D eigenvalue weighted by Crippen LogP contribution is 2.36. The monoisotopic (exact) mass is 447 g/mol. The minimum absolute atomic E-state index is 0.180. The number of rotatable bonds is 7. The molecule has 0 bridgehead atoms. The van der Waals surface area contributed by atoms with Crippen LogP contribution in [-0.2, 0) is 9.84 Å². The van der Waals surface area contributed by atoms with Crippen molar-refractivity contribution >= 4 is 42.4 Å². The molecule has 30 heavy (non-hydrogen) atoms. The second-order valence-electron chi connectivity index (χ2n) is 7.32. The summed E-state index contributed by atoms with van der Waals surface area (Å²) in [4.78, 5) is 21.8. The van der Waals surface area contributed by atoms with Crippen molar-refractivity contribution in [1.82, 2.24) is 9.88 Å². The smallest absolute Gasteiger partial charge is 0.260 e. The fraction of sp³-hybridized carbons (Fsp3) is 0.333. The van der Waals surface area contributed by atoms with Crippen LogP contribution in [0.1, 0.15) is 15.9 Å². The molecule has 3 rings (SSSR count). The molecule has 0 N–H and O–H groups in total. The van der Waals surface area contributed by atoms with Gasteiger partial charge in [0.2, 0.25) is 0 Å². The van der Waals surface area contributed by atoms with Crippen LogP contribution < -0.4 is 9.64 Å². The van der Waals surface area contributed by atoms with E-state index in [1.165, 1.54) is 23.5 Å². The van der Waals surface area contributed by atoms with Crippen LogP contribution in [0.3, 0.4) is 0 Å². The summed E-state index contributed by atoms with van der Waals surface area (Å²) in [6.07, 6.45) is 1.14. The summed E-state index contributed by atoms with van der Waals surface area (Å²) in [6.45, 7) is 3.10. The first-order chi connectivity index (χ1) is 14.1. The van der Waals surface area contributed by atoms with Crippen molar-refractivity contribution in [3.63, 3.8) is 0 Å². The second-order valence-corrected chi connectivity index (χ2v) is 10.3. The molecule has 0 saturated carbocycles. The van der Waals surface area contributed by atoms with E-state index in [1.807, 2.05) is 38.1 Å². The molecule has 3 aromatic rings. The molecule has 0 aliphatic carbocycles. The number of amides is 1. The number of fused-ring (bicyclic) bond motifs is 1. The molecule has 9 heteroatoms. The van der Waals surface area contributed by atoms with E-state index in [9.17, 15) is 13.2 Å². The Bertz CT molecular complexity index is 1170. The largest absolute Gasteiger partial charge is 0.494 e. The minimum Gasteiger partial charge on any atom is -0.494 e. The summed E-state index contributed by atoms with van der Waals surface area (Å²) in [6, 6.07) is 9.84. The number of hydrogen-bond donors (Lipinski definition) is 0. The molecule has 7 nitrogen and oxygen atoms in total. The van der Waals surface area contributed by atoms with Crippen molar-refractivity contribution in [3.8, 4) is 5.75 Å². The first-order valence-corrected chi connectivity index (χ1v) is 12.0. The Balaban J connectivity index is 2.04. The summed E-state index contributed by atoms with van der Waals surface area (Å²) in [5, 5.41) is 0.580.